The molecule has 3 aromatic carbocycles. The minimum atomic E-state index is -0.265. The lowest BCUT2D eigenvalue weighted by molar-refractivity contribution is 0.0951. The molecule has 166 valence electrons. The first kappa shape index (κ1) is 21.2. The Morgan fingerprint density at radius 2 is 1.79 bits per heavy atom. The zero-order valence-corrected chi connectivity index (χ0v) is 18.8. The summed E-state index contributed by atoms with van der Waals surface area (Å²) in [6.45, 7) is 0.843. The van der Waals surface area contributed by atoms with Crippen LogP contribution in [0.25, 0.3) is 10.9 Å². The number of rotatable bonds is 5. The topological polar surface area (TPSA) is 85.3 Å². The first-order valence-electron chi connectivity index (χ1n) is 10.2. The van der Waals surface area contributed by atoms with Gasteiger partial charge in [0.2, 0.25) is 6.79 Å². The number of carbonyl (C=O) groups is 1. The molecule has 2 heterocycles. The summed E-state index contributed by atoms with van der Waals surface area (Å²) >= 11 is 11.4. The molecule has 0 radical (unpaired) electrons. The van der Waals surface area contributed by atoms with E-state index in [1.807, 2.05) is 30.3 Å². The minimum Gasteiger partial charge on any atom is -0.454 e. The fourth-order valence-electron chi connectivity index (χ4n) is 3.65. The molecule has 33 heavy (non-hydrogen) atoms. The molecule has 5 rings (SSSR count). The Hall–Kier alpha value is -3.62. The summed E-state index contributed by atoms with van der Waals surface area (Å²) in [5, 5.41) is 3.95. The number of nitrogens with one attached hydrogen (secondary N) is 2. The van der Waals surface area contributed by atoms with Crippen molar-refractivity contribution in [3.05, 3.63) is 97.5 Å². The predicted octanol–water partition coefficient (Wildman–Crippen LogP) is 4.42. The zero-order chi connectivity index (χ0) is 22.9. The molecule has 1 aliphatic heterocycles. The first-order chi connectivity index (χ1) is 16.0. The van der Waals surface area contributed by atoms with Crippen LogP contribution in [0.2, 0.25) is 5.02 Å². The number of aromatic amines is 1. The van der Waals surface area contributed by atoms with E-state index in [1.165, 1.54) is 4.57 Å². The molecular formula is C24H18ClN3O4S. The van der Waals surface area contributed by atoms with Crippen molar-refractivity contribution in [3.63, 3.8) is 0 Å². The van der Waals surface area contributed by atoms with Gasteiger partial charge in [-0.25, -0.2) is 0 Å². The van der Waals surface area contributed by atoms with Crippen molar-refractivity contribution in [2.75, 3.05) is 6.79 Å². The van der Waals surface area contributed by atoms with Crippen molar-refractivity contribution in [1.82, 2.24) is 14.9 Å². The van der Waals surface area contributed by atoms with Crippen LogP contribution in [-0.2, 0) is 13.1 Å². The smallest absolute Gasteiger partial charge is 0.262 e. The Labute approximate surface area is 198 Å². The van der Waals surface area contributed by atoms with Gasteiger partial charge in [0, 0.05) is 17.1 Å². The third-order valence-corrected chi connectivity index (χ3v) is 5.96. The van der Waals surface area contributed by atoms with Crippen LogP contribution in [0.15, 0.2) is 65.5 Å². The van der Waals surface area contributed by atoms with Crippen molar-refractivity contribution in [3.8, 4) is 11.5 Å². The molecule has 0 saturated carbocycles. The number of hydrogen-bond donors (Lipinski definition) is 2. The zero-order valence-electron chi connectivity index (χ0n) is 17.3. The third-order valence-electron chi connectivity index (χ3n) is 5.39. The van der Waals surface area contributed by atoms with Gasteiger partial charge in [-0.05, 0) is 65.8 Å². The van der Waals surface area contributed by atoms with Crippen LogP contribution in [0.3, 0.4) is 0 Å². The number of fused-ring (bicyclic) bond motifs is 2. The molecule has 0 unspecified atom stereocenters. The number of hydrogen-bond acceptors (Lipinski definition) is 5. The van der Waals surface area contributed by atoms with Crippen molar-refractivity contribution in [2.45, 2.75) is 13.1 Å². The lowest BCUT2D eigenvalue weighted by Crippen LogP contribution is -2.24. The minimum absolute atomic E-state index is 0.199. The normalized spacial score (nSPS) is 12.2. The van der Waals surface area contributed by atoms with Gasteiger partial charge in [0.05, 0.1) is 17.4 Å². The SMILES string of the molecule is O=C(NCc1ccc2c(c1)OCO2)c1ccc2c(=O)n(Cc3ccc(Cl)cc3)c(=S)[nH]c2c1. The number of halogens is 1. The van der Waals surface area contributed by atoms with Crippen LogP contribution in [0.1, 0.15) is 21.5 Å². The van der Waals surface area contributed by atoms with Gasteiger partial charge in [-0.1, -0.05) is 29.8 Å². The standard InChI is InChI=1S/C24H18ClN3O4S/c25-17-5-1-14(2-6-17)12-28-23(30)18-7-4-16(10-19(18)27-24(28)33)22(29)26-11-15-3-8-20-21(9-15)32-13-31-20/h1-10H,11-13H2,(H,26,29)(H,27,33). The molecule has 0 atom stereocenters. The molecule has 4 aromatic rings. The number of H-pyrrole nitrogens is 1. The highest BCUT2D eigenvalue weighted by molar-refractivity contribution is 7.71. The molecule has 1 aliphatic rings. The van der Waals surface area contributed by atoms with E-state index in [2.05, 4.69) is 10.3 Å². The van der Waals surface area contributed by atoms with Gasteiger partial charge in [-0.3, -0.25) is 14.2 Å². The van der Waals surface area contributed by atoms with Crippen LogP contribution < -0.4 is 20.3 Å². The van der Waals surface area contributed by atoms with Gasteiger partial charge in [0.15, 0.2) is 16.3 Å². The summed E-state index contributed by atoms with van der Waals surface area (Å²) in [7, 11) is 0. The highest BCUT2D eigenvalue weighted by Crippen LogP contribution is 2.32. The average molecular weight is 480 g/mol. The molecule has 1 amide bonds. The van der Waals surface area contributed by atoms with Gasteiger partial charge in [0.25, 0.3) is 11.5 Å². The van der Waals surface area contributed by atoms with Crippen LogP contribution in [0.4, 0.5) is 0 Å². The Bertz CT molecular complexity index is 1490. The second-order valence-electron chi connectivity index (χ2n) is 7.58. The number of nitrogens with zero attached hydrogens (tertiary/aromatic N) is 1. The summed E-state index contributed by atoms with van der Waals surface area (Å²) in [6, 6.07) is 17.6. The van der Waals surface area contributed by atoms with E-state index in [0.29, 0.717) is 46.1 Å². The molecule has 9 heteroatoms. The molecule has 0 fully saturated rings. The van der Waals surface area contributed by atoms with Gasteiger partial charge < -0.3 is 19.8 Å². The number of amides is 1. The number of benzene rings is 3. The Kier molecular flexibility index (Phi) is 5.62. The van der Waals surface area contributed by atoms with Gasteiger partial charge in [-0.2, -0.15) is 0 Å². The van der Waals surface area contributed by atoms with Crippen LogP contribution >= 0.6 is 23.8 Å². The fraction of sp³-hybridized carbons (Fsp3) is 0.125. The molecule has 0 spiro atoms. The summed E-state index contributed by atoms with van der Waals surface area (Å²) in [5.74, 6) is 1.09. The van der Waals surface area contributed by atoms with Gasteiger partial charge >= 0.3 is 0 Å². The highest BCUT2D eigenvalue weighted by Gasteiger charge is 2.14. The van der Waals surface area contributed by atoms with Gasteiger partial charge in [0.1, 0.15) is 0 Å². The Morgan fingerprint density at radius 3 is 2.61 bits per heavy atom. The van der Waals surface area contributed by atoms with E-state index >= 15 is 0 Å². The van der Waals surface area contributed by atoms with E-state index in [0.717, 1.165) is 11.1 Å². The van der Waals surface area contributed by atoms with Crippen molar-refractivity contribution >= 4 is 40.6 Å². The first-order valence-corrected chi connectivity index (χ1v) is 10.9. The highest BCUT2D eigenvalue weighted by atomic mass is 35.5. The maximum atomic E-state index is 13.0. The van der Waals surface area contributed by atoms with E-state index in [-0.39, 0.29) is 23.0 Å². The Morgan fingerprint density at radius 1 is 1.03 bits per heavy atom. The van der Waals surface area contributed by atoms with E-state index in [9.17, 15) is 9.59 Å². The quantitative estimate of drug-likeness (QED) is 0.414. The molecule has 7 nitrogen and oxygen atoms in total. The molecule has 0 bridgehead atoms. The van der Waals surface area contributed by atoms with E-state index < -0.39 is 0 Å². The van der Waals surface area contributed by atoms with E-state index in [4.69, 9.17) is 33.3 Å². The van der Waals surface area contributed by atoms with Crippen LogP contribution in [-0.4, -0.2) is 22.3 Å². The summed E-state index contributed by atoms with van der Waals surface area (Å²) < 4.78 is 12.4. The fourth-order valence-corrected chi connectivity index (χ4v) is 4.03. The summed E-state index contributed by atoms with van der Waals surface area (Å²) in [4.78, 5) is 28.8. The van der Waals surface area contributed by atoms with Crippen molar-refractivity contribution in [1.29, 1.82) is 0 Å². The molecule has 1 aromatic heterocycles. The molecule has 0 saturated heterocycles. The summed E-state index contributed by atoms with van der Waals surface area (Å²) in [5.41, 5.74) is 2.49. The molecular weight excluding hydrogens is 462 g/mol. The second kappa shape index (κ2) is 8.73. The third kappa shape index (κ3) is 4.35. The maximum Gasteiger partial charge on any atom is 0.262 e. The van der Waals surface area contributed by atoms with Crippen molar-refractivity contribution in [2.24, 2.45) is 0 Å². The number of carbonyl (C=O) groups excluding carboxylic acids is 1. The van der Waals surface area contributed by atoms with Crippen LogP contribution in [0.5, 0.6) is 11.5 Å². The lowest BCUT2D eigenvalue weighted by atomic mass is 10.1. The average Bonchev–Trinajstić information content (AvgIpc) is 3.29. The van der Waals surface area contributed by atoms with Crippen molar-refractivity contribution < 1.29 is 14.3 Å². The Balaban J connectivity index is 1.36. The monoisotopic (exact) mass is 479 g/mol. The van der Waals surface area contributed by atoms with Gasteiger partial charge in [-0.15, -0.1) is 0 Å². The maximum absolute atomic E-state index is 13.0. The lowest BCUT2D eigenvalue weighted by Gasteiger charge is -2.10. The summed E-state index contributed by atoms with van der Waals surface area (Å²) in [6.07, 6.45) is 0. The predicted molar refractivity (Wildman–Crippen MR) is 128 cm³/mol. The largest absolute Gasteiger partial charge is 0.454 e. The molecule has 2 N–H and O–H groups in total. The molecule has 0 aliphatic carbocycles. The number of ether oxygens (including phenoxy) is 2. The van der Waals surface area contributed by atoms with Crippen LogP contribution in [0, 0.1) is 4.77 Å². The number of aromatic nitrogens is 2. The second-order valence-corrected chi connectivity index (χ2v) is 8.40. The van der Waals surface area contributed by atoms with E-state index in [1.54, 1.807) is 30.3 Å².